The molecule has 4 N–H and O–H groups in total. The average molecular weight is 244 g/mol. The summed E-state index contributed by atoms with van der Waals surface area (Å²) in [5.74, 6) is 0. The lowest BCUT2D eigenvalue weighted by atomic mass is 10.4. The van der Waals surface area contributed by atoms with Crippen molar-refractivity contribution in [2.24, 2.45) is 0 Å². The van der Waals surface area contributed by atoms with E-state index >= 15 is 0 Å². The SMILES string of the molecule is CC(C)NCNS(=O)(=O)c1cnccc1N. The fraction of sp³-hybridized carbons (Fsp3) is 0.444. The maximum absolute atomic E-state index is 11.8. The predicted molar refractivity (Wildman–Crippen MR) is 62.1 cm³/mol. The minimum Gasteiger partial charge on any atom is -0.398 e. The van der Waals surface area contributed by atoms with E-state index in [-0.39, 0.29) is 23.3 Å². The molecule has 0 aliphatic carbocycles. The number of nitrogens with two attached hydrogens (primary N) is 1. The zero-order valence-corrected chi connectivity index (χ0v) is 10.1. The van der Waals surface area contributed by atoms with Gasteiger partial charge in [0.05, 0.1) is 12.4 Å². The summed E-state index contributed by atoms with van der Waals surface area (Å²) in [5, 5.41) is 2.94. The molecule has 7 heteroatoms. The van der Waals surface area contributed by atoms with Gasteiger partial charge in [-0.05, 0) is 19.9 Å². The van der Waals surface area contributed by atoms with Crippen LogP contribution in [0.3, 0.4) is 0 Å². The third kappa shape index (κ3) is 3.44. The standard InChI is InChI=1S/C9H16N4O2S/c1-7(2)12-6-13-16(14,15)9-5-11-4-3-8(9)10/h3-5,7,12-13H,6H2,1-2H3,(H2,10,11). The Labute approximate surface area is 95.3 Å². The summed E-state index contributed by atoms with van der Waals surface area (Å²) < 4.78 is 25.9. The zero-order valence-electron chi connectivity index (χ0n) is 9.27. The normalized spacial score (nSPS) is 11.9. The summed E-state index contributed by atoms with van der Waals surface area (Å²) in [6, 6.07) is 1.65. The van der Waals surface area contributed by atoms with Crippen molar-refractivity contribution >= 4 is 15.7 Å². The molecule has 1 rings (SSSR count). The summed E-state index contributed by atoms with van der Waals surface area (Å²) in [6.07, 6.45) is 2.67. The molecule has 90 valence electrons. The molecule has 0 aliphatic heterocycles. The summed E-state index contributed by atoms with van der Waals surface area (Å²) in [5.41, 5.74) is 5.75. The van der Waals surface area contributed by atoms with Crippen LogP contribution in [0.15, 0.2) is 23.4 Å². The van der Waals surface area contributed by atoms with Crippen molar-refractivity contribution in [1.82, 2.24) is 15.0 Å². The van der Waals surface area contributed by atoms with E-state index in [2.05, 4.69) is 15.0 Å². The van der Waals surface area contributed by atoms with Crippen molar-refractivity contribution in [2.75, 3.05) is 12.4 Å². The predicted octanol–water partition coefficient (Wildman–Crippen LogP) is -0.102. The van der Waals surface area contributed by atoms with E-state index in [0.29, 0.717) is 0 Å². The third-order valence-corrected chi connectivity index (χ3v) is 3.32. The minimum absolute atomic E-state index is 0.000515. The Kier molecular flexibility index (Phi) is 4.22. The van der Waals surface area contributed by atoms with Crippen LogP contribution in [0.1, 0.15) is 13.8 Å². The van der Waals surface area contributed by atoms with E-state index in [0.717, 1.165) is 0 Å². The topological polar surface area (TPSA) is 97.1 Å². The maximum Gasteiger partial charge on any atom is 0.245 e. The molecule has 1 heterocycles. The molecule has 0 radical (unpaired) electrons. The summed E-state index contributed by atoms with van der Waals surface area (Å²) >= 11 is 0. The van der Waals surface area contributed by atoms with E-state index in [1.54, 1.807) is 0 Å². The molecule has 0 amide bonds. The third-order valence-electron chi connectivity index (χ3n) is 1.88. The summed E-state index contributed by atoms with van der Waals surface area (Å²) in [7, 11) is -3.59. The van der Waals surface area contributed by atoms with Gasteiger partial charge >= 0.3 is 0 Å². The summed E-state index contributed by atoms with van der Waals surface area (Å²) in [4.78, 5) is 3.74. The molecule has 0 saturated carbocycles. The second-order valence-corrected chi connectivity index (χ2v) is 5.33. The molecular formula is C9H16N4O2S. The lowest BCUT2D eigenvalue weighted by Gasteiger charge is -2.11. The molecule has 6 nitrogen and oxygen atoms in total. The molecule has 16 heavy (non-hydrogen) atoms. The second-order valence-electron chi connectivity index (χ2n) is 3.60. The molecule has 0 atom stereocenters. The van der Waals surface area contributed by atoms with Crippen molar-refractivity contribution in [3.05, 3.63) is 18.5 Å². The highest BCUT2D eigenvalue weighted by molar-refractivity contribution is 7.89. The molecule has 0 spiro atoms. The van der Waals surface area contributed by atoms with Crippen LogP contribution in [0.2, 0.25) is 0 Å². The fourth-order valence-corrected chi connectivity index (χ4v) is 2.04. The van der Waals surface area contributed by atoms with E-state index in [1.165, 1.54) is 18.5 Å². The van der Waals surface area contributed by atoms with Gasteiger partial charge in [-0.25, -0.2) is 8.42 Å². The molecule has 1 aromatic heterocycles. The Hall–Kier alpha value is -1.18. The lowest BCUT2D eigenvalue weighted by molar-refractivity contribution is 0.547. The van der Waals surface area contributed by atoms with Crippen LogP contribution in [0.5, 0.6) is 0 Å². The van der Waals surface area contributed by atoms with Gasteiger partial charge in [-0.2, -0.15) is 4.72 Å². The Bertz CT molecular complexity index is 445. The number of nitrogens with one attached hydrogen (secondary N) is 2. The van der Waals surface area contributed by atoms with Crippen molar-refractivity contribution in [3.63, 3.8) is 0 Å². The zero-order chi connectivity index (χ0) is 12.2. The van der Waals surface area contributed by atoms with E-state index in [9.17, 15) is 8.42 Å². The van der Waals surface area contributed by atoms with Crippen LogP contribution in [0, 0.1) is 0 Å². The molecule has 0 unspecified atom stereocenters. The van der Waals surface area contributed by atoms with Crippen LogP contribution in [0.25, 0.3) is 0 Å². The van der Waals surface area contributed by atoms with Crippen molar-refractivity contribution in [1.29, 1.82) is 0 Å². The Morgan fingerprint density at radius 2 is 2.19 bits per heavy atom. The average Bonchev–Trinajstić information content (AvgIpc) is 2.17. The summed E-state index contributed by atoms with van der Waals surface area (Å²) in [6.45, 7) is 4.01. The Morgan fingerprint density at radius 3 is 2.75 bits per heavy atom. The molecule has 0 fully saturated rings. The number of hydrogen-bond acceptors (Lipinski definition) is 5. The van der Waals surface area contributed by atoms with Gasteiger partial charge in [0.15, 0.2) is 0 Å². The van der Waals surface area contributed by atoms with Crippen LogP contribution in [-0.2, 0) is 10.0 Å². The highest BCUT2D eigenvalue weighted by Gasteiger charge is 2.16. The number of anilines is 1. The first-order valence-electron chi connectivity index (χ1n) is 4.86. The smallest absolute Gasteiger partial charge is 0.245 e. The fourth-order valence-electron chi connectivity index (χ4n) is 1.03. The van der Waals surface area contributed by atoms with Gasteiger partial charge in [-0.1, -0.05) is 0 Å². The van der Waals surface area contributed by atoms with Gasteiger partial charge in [-0.3, -0.25) is 4.98 Å². The molecule has 0 bridgehead atoms. The first-order chi connectivity index (χ1) is 7.43. The number of sulfonamides is 1. The lowest BCUT2D eigenvalue weighted by Crippen LogP contribution is -2.37. The minimum atomic E-state index is -3.59. The van der Waals surface area contributed by atoms with Crippen molar-refractivity contribution in [2.45, 2.75) is 24.8 Å². The van der Waals surface area contributed by atoms with Gasteiger partial charge in [-0.15, -0.1) is 0 Å². The quantitative estimate of drug-likeness (QED) is 0.628. The number of aromatic nitrogens is 1. The van der Waals surface area contributed by atoms with Gasteiger partial charge in [0.1, 0.15) is 4.90 Å². The first-order valence-corrected chi connectivity index (χ1v) is 6.34. The van der Waals surface area contributed by atoms with Crippen LogP contribution in [-0.4, -0.2) is 26.1 Å². The highest BCUT2D eigenvalue weighted by Crippen LogP contribution is 2.14. The molecule has 0 saturated heterocycles. The van der Waals surface area contributed by atoms with E-state index < -0.39 is 10.0 Å². The highest BCUT2D eigenvalue weighted by atomic mass is 32.2. The van der Waals surface area contributed by atoms with Gasteiger partial charge in [0.25, 0.3) is 0 Å². The van der Waals surface area contributed by atoms with E-state index in [4.69, 9.17) is 5.73 Å². The van der Waals surface area contributed by atoms with Crippen LogP contribution >= 0.6 is 0 Å². The maximum atomic E-state index is 11.8. The number of hydrogen-bond donors (Lipinski definition) is 3. The molecule has 0 aliphatic rings. The van der Waals surface area contributed by atoms with Gasteiger partial charge in [0, 0.05) is 18.4 Å². The van der Waals surface area contributed by atoms with E-state index in [1.807, 2.05) is 13.8 Å². The molecule has 0 aromatic carbocycles. The Balaban J connectivity index is 2.75. The number of rotatable bonds is 5. The van der Waals surface area contributed by atoms with Crippen LogP contribution in [0.4, 0.5) is 5.69 Å². The van der Waals surface area contributed by atoms with Crippen molar-refractivity contribution in [3.8, 4) is 0 Å². The number of pyridine rings is 1. The first kappa shape index (κ1) is 12.9. The van der Waals surface area contributed by atoms with Gasteiger partial charge < -0.3 is 11.1 Å². The molecule has 1 aromatic rings. The van der Waals surface area contributed by atoms with Crippen molar-refractivity contribution < 1.29 is 8.42 Å². The van der Waals surface area contributed by atoms with Crippen LogP contribution < -0.4 is 15.8 Å². The second kappa shape index (κ2) is 5.24. The largest absolute Gasteiger partial charge is 0.398 e. The number of nitrogen functional groups attached to an aromatic ring is 1. The number of nitrogens with zero attached hydrogens (tertiary/aromatic N) is 1. The molecular weight excluding hydrogens is 228 g/mol. The Morgan fingerprint density at radius 1 is 1.50 bits per heavy atom. The monoisotopic (exact) mass is 244 g/mol. The van der Waals surface area contributed by atoms with Gasteiger partial charge in [0.2, 0.25) is 10.0 Å².